The Labute approximate surface area is 103 Å². The second kappa shape index (κ2) is 7.96. The van der Waals surface area contributed by atoms with Crippen molar-refractivity contribution in [2.45, 2.75) is 39.0 Å². The smallest absolute Gasteiger partial charge is 0.137 e. The minimum atomic E-state index is 0.312. The minimum Gasteiger partial charge on any atom is -0.330 e. The summed E-state index contributed by atoms with van der Waals surface area (Å²) in [4.78, 5) is 15.7. The lowest BCUT2D eigenvalue weighted by atomic mass is 9.94. The number of hydrogen-bond acceptors (Lipinski definition) is 3. The van der Waals surface area contributed by atoms with Gasteiger partial charge in [-0.2, -0.15) is 0 Å². The molecule has 0 aliphatic carbocycles. The lowest BCUT2D eigenvalue weighted by Crippen LogP contribution is -2.11. The fourth-order valence-electron chi connectivity index (χ4n) is 1.97. The summed E-state index contributed by atoms with van der Waals surface area (Å²) in [5.41, 5.74) is 6.60. The van der Waals surface area contributed by atoms with Crippen LogP contribution in [0.25, 0.3) is 0 Å². The van der Waals surface area contributed by atoms with Crippen molar-refractivity contribution in [2.75, 3.05) is 6.54 Å². The van der Waals surface area contributed by atoms with Gasteiger partial charge in [0.1, 0.15) is 5.78 Å². The van der Waals surface area contributed by atoms with Gasteiger partial charge in [0.25, 0.3) is 0 Å². The number of carbonyl (C=O) groups is 1. The van der Waals surface area contributed by atoms with Crippen LogP contribution in [0.15, 0.2) is 24.5 Å². The number of Topliss-reactive ketones (excluding diaryl/α,β-unsaturated/α-hetero) is 1. The van der Waals surface area contributed by atoms with Crippen molar-refractivity contribution in [3.63, 3.8) is 0 Å². The number of nitrogens with two attached hydrogens (primary N) is 1. The molecule has 3 nitrogen and oxygen atoms in total. The topological polar surface area (TPSA) is 56.0 Å². The Balaban J connectivity index is 2.30. The molecule has 0 bridgehead atoms. The van der Waals surface area contributed by atoms with Gasteiger partial charge in [0, 0.05) is 25.2 Å². The molecule has 0 aliphatic rings. The molecule has 0 saturated carbocycles. The molecule has 0 fully saturated rings. The van der Waals surface area contributed by atoms with E-state index in [1.54, 1.807) is 12.4 Å². The number of rotatable bonds is 8. The number of pyridine rings is 1. The predicted molar refractivity (Wildman–Crippen MR) is 69.6 cm³/mol. The highest BCUT2D eigenvalue weighted by Gasteiger charge is 2.09. The van der Waals surface area contributed by atoms with Crippen molar-refractivity contribution >= 4 is 5.78 Å². The van der Waals surface area contributed by atoms with Crippen LogP contribution in [-0.4, -0.2) is 17.3 Å². The average molecular weight is 234 g/mol. The Hall–Kier alpha value is -1.22. The number of ketones is 1. The molecular weight excluding hydrogens is 212 g/mol. The van der Waals surface area contributed by atoms with Gasteiger partial charge in [0.05, 0.1) is 0 Å². The molecule has 1 unspecified atom stereocenters. The van der Waals surface area contributed by atoms with E-state index < -0.39 is 0 Å². The van der Waals surface area contributed by atoms with Crippen molar-refractivity contribution in [1.29, 1.82) is 0 Å². The third-order valence-corrected chi connectivity index (χ3v) is 3.13. The summed E-state index contributed by atoms with van der Waals surface area (Å²) in [6.07, 6.45) is 7.76. The second-order valence-corrected chi connectivity index (χ2v) is 4.46. The average Bonchev–Trinajstić information content (AvgIpc) is 2.35. The molecule has 0 amide bonds. The molecule has 17 heavy (non-hydrogen) atoms. The Morgan fingerprint density at radius 1 is 1.35 bits per heavy atom. The molecule has 0 radical (unpaired) electrons. The number of carbonyl (C=O) groups excluding carboxylic acids is 1. The van der Waals surface area contributed by atoms with Crippen LogP contribution in [0.1, 0.15) is 38.2 Å². The first-order valence-electron chi connectivity index (χ1n) is 6.37. The van der Waals surface area contributed by atoms with Gasteiger partial charge in [-0.25, -0.2) is 0 Å². The van der Waals surface area contributed by atoms with Crippen LogP contribution >= 0.6 is 0 Å². The monoisotopic (exact) mass is 234 g/mol. The van der Waals surface area contributed by atoms with Gasteiger partial charge in [-0.05, 0) is 43.0 Å². The highest BCUT2D eigenvalue weighted by atomic mass is 16.1. The van der Waals surface area contributed by atoms with Gasteiger partial charge in [0.15, 0.2) is 0 Å². The van der Waals surface area contributed by atoms with E-state index in [1.165, 1.54) is 0 Å². The molecule has 1 rings (SSSR count). The largest absolute Gasteiger partial charge is 0.330 e. The summed E-state index contributed by atoms with van der Waals surface area (Å²) >= 11 is 0. The summed E-state index contributed by atoms with van der Waals surface area (Å²) in [5, 5.41) is 0. The quantitative estimate of drug-likeness (QED) is 0.751. The van der Waals surface area contributed by atoms with Crippen molar-refractivity contribution in [3.8, 4) is 0 Å². The van der Waals surface area contributed by atoms with Crippen molar-refractivity contribution in [2.24, 2.45) is 11.7 Å². The maximum absolute atomic E-state index is 11.8. The van der Waals surface area contributed by atoms with E-state index in [2.05, 4.69) is 11.9 Å². The van der Waals surface area contributed by atoms with Crippen LogP contribution < -0.4 is 5.73 Å². The molecule has 3 heteroatoms. The van der Waals surface area contributed by atoms with Gasteiger partial charge in [-0.15, -0.1) is 0 Å². The van der Waals surface area contributed by atoms with E-state index in [4.69, 9.17) is 5.73 Å². The van der Waals surface area contributed by atoms with Crippen LogP contribution in [0.2, 0.25) is 0 Å². The normalized spacial score (nSPS) is 12.4. The summed E-state index contributed by atoms with van der Waals surface area (Å²) in [7, 11) is 0. The lowest BCUT2D eigenvalue weighted by molar-refractivity contribution is -0.118. The summed E-state index contributed by atoms with van der Waals surface area (Å²) in [6.45, 7) is 2.88. The summed E-state index contributed by atoms with van der Waals surface area (Å²) in [5.74, 6) is 0.910. The number of aromatic nitrogens is 1. The third kappa shape index (κ3) is 5.59. The molecule has 2 N–H and O–H groups in total. The van der Waals surface area contributed by atoms with E-state index in [0.29, 0.717) is 24.5 Å². The molecule has 0 spiro atoms. The molecule has 94 valence electrons. The van der Waals surface area contributed by atoms with Gasteiger partial charge in [0.2, 0.25) is 0 Å². The fraction of sp³-hybridized carbons (Fsp3) is 0.571. The van der Waals surface area contributed by atoms with Gasteiger partial charge in [-0.3, -0.25) is 9.78 Å². The zero-order chi connectivity index (χ0) is 12.5. The van der Waals surface area contributed by atoms with E-state index in [9.17, 15) is 4.79 Å². The zero-order valence-electron chi connectivity index (χ0n) is 10.6. The van der Waals surface area contributed by atoms with Crippen LogP contribution in [0.5, 0.6) is 0 Å². The molecule has 1 aromatic heterocycles. The minimum absolute atomic E-state index is 0.312. The first-order valence-corrected chi connectivity index (χ1v) is 6.37. The van der Waals surface area contributed by atoms with Crippen LogP contribution in [-0.2, 0) is 11.2 Å². The van der Waals surface area contributed by atoms with Gasteiger partial charge < -0.3 is 5.73 Å². The molecular formula is C14H22N2O. The maximum Gasteiger partial charge on any atom is 0.137 e. The highest BCUT2D eigenvalue weighted by molar-refractivity contribution is 5.80. The Kier molecular flexibility index (Phi) is 6.48. The highest BCUT2D eigenvalue weighted by Crippen LogP contribution is 2.15. The molecule has 1 atom stereocenters. The van der Waals surface area contributed by atoms with E-state index in [-0.39, 0.29) is 0 Å². The van der Waals surface area contributed by atoms with Crippen molar-refractivity contribution in [3.05, 3.63) is 30.1 Å². The SMILES string of the molecule is CCC(CCN)CCC(=O)Cc1ccncc1. The van der Waals surface area contributed by atoms with Gasteiger partial charge >= 0.3 is 0 Å². The Bertz CT molecular complexity index is 324. The summed E-state index contributed by atoms with van der Waals surface area (Å²) < 4.78 is 0. The molecule has 0 aliphatic heterocycles. The molecule has 0 aromatic carbocycles. The van der Waals surface area contributed by atoms with Crippen LogP contribution in [0.3, 0.4) is 0 Å². The molecule has 1 aromatic rings. The standard InChI is InChI=1S/C14H22N2O/c1-2-12(5-8-15)3-4-14(17)11-13-6-9-16-10-7-13/h6-7,9-10,12H,2-5,8,11,15H2,1H3. The predicted octanol–water partition coefficient (Wildman–Crippen LogP) is 2.35. The fourth-order valence-corrected chi connectivity index (χ4v) is 1.97. The Morgan fingerprint density at radius 2 is 2.06 bits per heavy atom. The lowest BCUT2D eigenvalue weighted by Gasteiger charge is -2.12. The zero-order valence-corrected chi connectivity index (χ0v) is 10.6. The van der Waals surface area contributed by atoms with Crippen LogP contribution in [0, 0.1) is 5.92 Å². The van der Waals surface area contributed by atoms with Crippen molar-refractivity contribution in [1.82, 2.24) is 4.98 Å². The van der Waals surface area contributed by atoms with Crippen molar-refractivity contribution < 1.29 is 4.79 Å². The summed E-state index contributed by atoms with van der Waals surface area (Å²) in [6, 6.07) is 3.80. The number of nitrogens with zero attached hydrogens (tertiary/aromatic N) is 1. The first kappa shape index (κ1) is 13.8. The third-order valence-electron chi connectivity index (χ3n) is 3.13. The second-order valence-electron chi connectivity index (χ2n) is 4.46. The van der Waals surface area contributed by atoms with E-state index >= 15 is 0 Å². The molecule has 1 heterocycles. The van der Waals surface area contributed by atoms with Crippen LogP contribution in [0.4, 0.5) is 0 Å². The van der Waals surface area contributed by atoms with E-state index in [0.717, 1.165) is 31.4 Å². The first-order chi connectivity index (χ1) is 8.26. The number of hydrogen-bond donors (Lipinski definition) is 1. The molecule has 0 saturated heterocycles. The van der Waals surface area contributed by atoms with Gasteiger partial charge in [-0.1, -0.05) is 13.3 Å². The maximum atomic E-state index is 11.8. The van der Waals surface area contributed by atoms with E-state index in [1.807, 2.05) is 12.1 Å². The Morgan fingerprint density at radius 3 is 2.65 bits per heavy atom.